The third kappa shape index (κ3) is 6.85. The van der Waals surface area contributed by atoms with E-state index in [1.807, 2.05) is 42.5 Å². The summed E-state index contributed by atoms with van der Waals surface area (Å²) in [4.78, 5) is 44.1. The molecule has 0 saturated heterocycles. The van der Waals surface area contributed by atoms with E-state index in [2.05, 4.69) is 15.9 Å². The van der Waals surface area contributed by atoms with Gasteiger partial charge in [-0.2, -0.15) is 0 Å². The molecule has 0 amide bonds. The molecule has 1 aliphatic rings. The van der Waals surface area contributed by atoms with Crippen LogP contribution in [0.5, 0.6) is 5.75 Å². The summed E-state index contributed by atoms with van der Waals surface area (Å²) < 4.78 is 14.1. The zero-order valence-corrected chi connectivity index (χ0v) is 28.0. The minimum absolute atomic E-state index is 0.160. The van der Waals surface area contributed by atoms with Gasteiger partial charge in [0.25, 0.3) is 5.56 Å². The molecule has 0 bridgehead atoms. The van der Waals surface area contributed by atoms with Crippen LogP contribution in [0.1, 0.15) is 45.6 Å². The van der Waals surface area contributed by atoms with Crippen molar-refractivity contribution in [3.8, 4) is 5.75 Å². The van der Waals surface area contributed by atoms with Gasteiger partial charge in [-0.05, 0) is 82.0 Å². The van der Waals surface area contributed by atoms with E-state index in [9.17, 15) is 14.4 Å². The van der Waals surface area contributed by atoms with E-state index in [-0.39, 0.29) is 29.9 Å². The lowest BCUT2D eigenvalue weighted by molar-refractivity contribution is -0.138. The number of benzene rings is 4. The van der Waals surface area contributed by atoms with Gasteiger partial charge in [-0.25, -0.2) is 14.6 Å². The van der Waals surface area contributed by atoms with Crippen molar-refractivity contribution >= 4 is 62.6 Å². The molecule has 0 saturated carbocycles. The summed E-state index contributed by atoms with van der Waals surface area (Å²) in [7, 11) is 0. The maximum Gasteiger partial charge on any atom is 0.338 e. The second kappa shape index (κ2) is 13.9. The first kappa shape index (κ1) is 32.2. The maximum atomic E-state index is 14.1. The van der Waals surface area contributed by atoms with Gasteiger partial charge in [0.05, 0.1) is 38.5 Å². The van der Waals surface area contributed by atoms with Crippen molar-refractivity contribution in [3.05, 3.63) is 160 Å². The Morgan fingerprint density at radius 3 is 2.40 bits per heavy atom. The lowest BCUT2D eigenvalue weighted by Gasteiger charge is -2.25. The fourth-order valence-corrected chi connectivity index (χ4v) is 6.82. The number of fused-ring (bicyclic) bond motifs is 1. The van der Waals surface area contributed by atoms with Gasteiger partial charge >= 0.3 is 11.9 Å². The van der Waals surface area contributed by atoms with Crippen molar-refractivity contribution in [2.45, 2.75) is 19.6 Å². The van der Waals surface area contributed by atoms with Crippen molar-refractivity contribution < 1.29 is 24.2 Å². The third-order valence-electron chi connectivity index (χ3n) is 7.41. The number of aromatic carboxylic acids is 1. The van der Waals surface area contributed by atoms with Crippen molar-refractivity contribution in [1.29, 1.82) is 0 Å². The Morgan fingerprint density at radius 2 is 1.74 bits per heavy atom. The number of carbonyl (C=O) groups excluding carboxylic acids is 1. The van der Waals surface area contributed by atoms with E-state index < -0.39 is 18.0 Å². The van der Waals surface area contributed by atoms with Gasteiger partial charge in [-0.3, -0.25) is 9.36 Å². The number of aromatic nitrogens is 1. The number of hydrogen-bond donors (Lipinski definition) is 1. The molecule has 8 nitrogen and oxygen atoms in total. The first-order chi connectivity index (χ1) is 22.7. The number of carbonyl (C=O) groups is 2. The second-order valence-electron chi connectivity index (χ2n) is 10.5. The van der Waals surface area contributed by atoms with Gasteiger partial charge in [0.15, 0.2) is 4.80 Å². The van der Waals surface area contributed by atoms with Crippen LogP contribution < -0.4 is 19.6 Å². The van der Waals surface area contributed by atoms with Gasteiger partial charge in [0, 0.05) is 10.6 Å². The van der Waals surface area contributed by atoms with Crippen LogP contribution in [-0.4, -0.2) is 28.2 Å². The monoisotopic (exact) mass is 728 g/mol. The summed E-state index contributed by atoms with van der Waals surface area (Å²) >= 11 is 11.0. The van der Waals surface area contributed by atoms with Gasteiger partial charge < -0.3 is 14.6 Å². The van der Waals surface area contributed by atoms with E-state index in [1.54, 1.807) is 60.0 Å². The Balaban J connectivity index is 1.41. The van der Waals surface area contributed by atoms with Crippen LogP contribution in [-0.2, 0) is 16.1 Å². The zero-order valence-electron chi connectivity index (χ0n) is 24.9. The highest BCUT2D eigenvalue weighted by Gasteiger charge is 2.35. The predicted octanol–water partition coefficient (Wildman–Crippen LogP) is 6.63. The molecule has 0 spiro atoms. The van der Waals surface area contributed by atoms with E-state index in [1.165, 1.54) is 23.5 Å². The number of carboxylic acid groups (broad SMARTS) is 1. The summed E-state index contributed by atoms with van der Waals surface area (Å²) in [5, 5.41) is 9.64. The molecule has 6 rings (SSSR count). The Morgan fingerprint density at radius 1 is 1.02 bits per heavy atom. The molecule has 1 aromatic heterocycles. The fourth-order valence-electron chi connectivity index (χ4n) is 5.18. The molecule has 11 heteroatoms. The van der Waals surface area contributed by atoms with Crippen molar-refractivity contribution in [2.24, 2.45) is 4.99 Å². The van der Waals surface area contributed by atoms with Crippen molar-refractivity contribution in [1.82, 2.24) is 4.57 Å². The van der Waals surface area contributed by atoms with Crippen LogP contribution in [0.15, 0.2) is 117 Å². The SMILES string of the molecule is CCOC(=O)C1=C(c2ccccc2)N=c2s/c(=C/c3ccc(OCc4ccc(C(=O)O)cc4)c(Br)c3)c(=O)n2[C@H]1c1ccc(Cl)cc1. The third-order valence-corrected chi connectivity index (χ3v) is 9.26. The van der Waals surface area contributed by atoms with Crippen molar-refractivity contribution in [3.63, 3.8) is 0 Å². The molecule has 2 heterocycles. The van der Waals surface area contributed by atoms with Gasteiger partial charge in [-0.15, -0.1) is 0 Å². The number of ether oxygens (including phenoxy) is 2. The predicted molar refractivity (Wildman–Crippen MR) is 184 cm³/mol. The maximum absolute atomic E-state index is 14.1. The van der Waals surface area contributed by atoms with Crippen LogP contribution in [0.25, 0.3) is 11.8 Å². The van der Waals surface area contributed by atoms with E-state index >= 15 is 0 Å². The molecular formula is C36H26BrClN2O6S. The summed E-state index contributed by atoms with van der Waals surface area (Å²) in [5.74, 6) is -0.957. The number of rotatable bonds is 9. The number of esters is 1. The van der Waals surface area contributed by atoms with Crippen molar-refractivity contribution in [2.75, 3.05) is 6.61 Å². The average Bonchev–Trinajstić information content (AvgIpc) is 3.38. The molecule has 0 fully saturated rings. The smallest absolute Gasteiger partial charge is 0.338 e. The quantitative estimate of drug-likeness (QED) is 0.171. The normalized spacial score (nSPS) is 14.4. The molecule has 236 valence electrons. The highest BCUT2D eigenvalue weighted by atomic mass is 79.9. The van der Waals surface area contributed by atoms with E-state index in [4.69, 9.17) is 31.2 Å². The number of nitrogens with zero attached hydrogens (tertiary/aromatic N) is 2. The van der Waals surface area contributed by atoms with Crippen LogP contribution in [0, 0.1) is 0 Å². The number of thiazole rings is 1. The molecule has 0 aliphatic carbocycles. The molecule has 1 N–H and O–H groups in total. The molecule has 47 heavy (non-hydrogen) atoms. The second-order valence-corrected chi connectivity index (χ2v) is 12.8. The summed E-state index contributed by atoms with van der Waals surface area (Å²) in [6, 6.07) is 27.6. The van der Waals surface area contributed by atoms with Crippen LogP contribution >= 0.6 is 38.9 Å². The number of hydrogen-bond acceptors (Lipinski definition) is 7. The Labute approximate surface area is 286 Å². The largest absolute Gasteiger partial charge is 0.488 e. The zero-order chi connectivity index (χ0) is 33.1. The minimum Gasteiger partial charge on any atom is -0.488 e. The fraction of sp³-hybridized carbons (Fsp3) is 0.111. The summed E-state index contributed by atoms with van der Waals surface area (Å²) in [5.41, 5.74) is 3.59. The highest BCUT2D eigenvalue weighted by Crippen LogP contribution is 2.35. The van der Waals surface area contributed by atoms with Crippen LogP contribution in [0.2, 0.25) is 5.02 Å². The van der Waals surface area contributed by atoms with Crippen LogP contribution in [0.4, 0.5) is 0 Å². The Bertz CT molecular complexity index is 2190. The van der Waals surface area contributed by atoms with Crippen LogP contribution in [0.3, 0.4) is 0 Å². The standard InChI is InChI=1S/C36H26BrClN2O6S/c1-2-45-35(44)30-31(23-6-4-3-5-7-23)39-36-40(32(30)24-13-15-26(38)16-14-24)33(41)29(47-36)19-22-10-17-28(27(37)18-22)46-20-21-8-11-25(12-9-21)34(42)43/h3-19,32H,2,20H2,1H3,(H,42,43)/b29-19+/t32-/m0/s1. The minimum atomic E-state index is -0.986. The lowest BCUT2D eigenvalue weighted by atomic mass is 9.93. The Kier molecular flexibility index (Phi) is 9.53. The number of carboxylic acids is 1. The van der Waals surface area contributed by atoms with Gasteiger partial charge in [0.2, 0.25) is 0 Å². The van der Waals surface area contributed by atoms with Gasteiger partial charge in [0.1, 0.15) is 12.4 Å². The molecule has 1 aliphatic heterocycles. The highest BCUT2D eigenvalue weighted by molar-refractivity contribution is 9.10. The first-order valence-electron chi connectivity index (χ1n) is 14.5. The van der Waals surface area contributed by atoms with E-state index in [0.29, 0.717) is 35.8 Å². The topological polar surface area (TPSA) is 107 Å². The molecular weight excluding hydrogens is 704 g/mol. The molecule has 5 aromatic rings. The average molecular weight is 730 g/mol. The number of halogens is 2. The molecule has 0 radical (unpaired) electrons. The van der Waals surface area contributed by atoms with Gasteiger partial charge in [-0.1, -0.05) is 83.6 Å². The first-order valence-corrected chi connectivity index (χ1v) is 16.5. The molecule has 4 aromatic carbocycles. The molecule has 0 unspecified atom stereocenters. The summed E-state index contributed by atoms with van der Waals surface area (Å²) in [6.45, 7) is 2.14. The Hall–Kier alpha value is -4.77. The lowest BCUT2D eigenvalue weighted by Crippen LogP contribution is -2.40. The summed E-state index contributed by atoms with van der Waals surface area (Å²) in [6.07, 6.45) is 1.78. The van der Waals surface area contributed by atoms with E-state index in [0.717, 1.165) is 16.7 Å². The molecule has 1 atom stereocenters.